The van der Waals surface area contributed by atoms with Gasteiger partial charge in [-0.1, -0.05) is 184 Å². The molecule has 0 radical (unpaired) electrons. The maximum absolute atomic E-state index is 5.23. The molecule has 58 heavy (non-hydrogen) atoms. The van der Waals surface area contributed by atoms with Crippen molar-refractivity contribution in [3.8, 4) is 68.3 Å². The Kier molecular flexibility index (Phi) is 10.1. The molecule has 0 bridgehead atoms. The molecule has 0 amide bonds. The molecule has 284 valence electrons. The zero-order chi connectivity index (χ0) is 38.7. The van der Waals surface area contributed by atoms with Crippen molar-refractivity contribution in [2.45, 2.75) is 76.0 Å². The van der Waals surface area contributed by atoms with E-state index < -0.39 is 0 Å². The third-order valence-electron chi connectivity index (χ3n) is 12.2. The number of fused-ring (bicyclic) bond motifs is 1. The molecule has 2 fully saturated rings. The SMILES string of the molecule is c1ccc(-c2nc(-c3ccc(C4CCCCC4)cc3)nc(-c3cccc4cccc(-c5nc(-c6ccccc6)nc(-c6ccc(C7CCCCC7)cc6)n5)c34)n2)cc1. The molecule has 6 nitrogen and oxygen atoms in total. The van der Waals surface area contributed by atoms with E-state index in [1.807, 2.05) is 36.4 Å². The molecule has 10 rings (SSSR count). The first kappa shape index (κ1) is 36.0. The average molecular weight is 755 g/mol. The number of nitrogens with zero attached hydrogens (tertiary/aromatic N) is 6. The minimum Gasteiger partial charge on any atom is -0.208 e. The van der Waals surface area contributed by atoms with Crippen LogP contribution in [0.15, 0.2) is 146 Å². The molecule has 2 aromatic heterocycles. The smallest absolute Gasteiger partial charge is 0.164 e. The van der Waals surface area contributed by atoms with Crippen molar-refractivity contribution in [2.24, 2.45) is 0 Å². The standard InChI is InChI=1S/C52H46N6/c1-5-15-35(16-6-1)37-27-31-42(32-28-37)49-53-47(40-19-9-3-10-20-40)55-51(57-49)44-25-13-23-39-24-14-26-45(46(39)44)52-56-48(41-21-11-4-12-22-41)54-50(58-52)43-33-29-38(30-34-43)36-17-7-2-8-18-36/h3-4,9-14,19-36H,1-2,5-8,15-18H2. The van der Waals surface area contributed by atoms with Gasteiger partial charge in [-0.2, -0.15) is 0 Å². The van der Waals surface area contributed by atoms with Crippen LogP contribution in [0.1, 0.15) is 87.2 Å². The number of hydrogen-bond donors (Lipinski definition) is 0. The lowest BCUT2D eigenvalue weighted by Gasteiger charge is -2.22. The van der Waals surface area contributed by atoms with E-state index in [2.05, 4.69) is 109 Å². The Bertz CT molecular complexity index is 2480. The number of benzene rings is 6. The predicted molar refractivity (Wildman–Crippen MR) is 235 cm³/mol. The molecule has 0 spiro atoms. The van der Waals surface area contributed by atoms with Gasteiger partial charge in [0.25, 0.3) is 0 Å². The van der Waals surface area contributed by atoms with Gasteiger partial charge in [0.1, 0.15) is 0 Å². The molecule has 2 aliphatic rings. The Morgan fingerprint density at radius 2 is 0.638 bits per heavy atom. The zero-order valence-electron chi connectivity index (χ0n) is 32.8. The maximum Gasteiger partial charge on any atom is 0.164 e. The van der Waals surface area contributed by atoms with E-state index in [1.165, 1.54) is 75.3 Å². The summed E-state index contributed by atoms with van der Waals surface area (Å²) in [6.07, 6.45) is 13.0. The Labute approximate surface area is 340 Å². The Morgan fingerprint density at radius 3 is 1.02 bits per heavy atom. The molecule has 0 aliphatic heterocycles. The third kappa shape index (κ3) is 7.43. The van der Waals surface area contributed by atoms with E-state index in [0.29, 0.717) is 46.8 Å². The number of rotatable bonds is 8. The predicted octanol–water partition coefficient (Wildman–Crippen LogP) is 13.3. The van der Waals surface area contributed by atoms with Crippen LogP contribution in [0.5, 0.6) is 0 Å². The van der Waals surface area contributed by atoms with E-state index in [1.54, 1.807) is 0 Å². The molecule has 0 atom stereocenters. The number of aromatic nitrogens is 6. The molecule has 2 aliphatic carbocycles. The summed E-state index contributed by atoms with van der Waals surface area (Å²) in [6.45, 7) is 0. The van der Waals surface area contributed by atoms with E-state index in [9.17, 15) is 0 Å². The molecule has 0 unspecified atom stereocenters. The molecule has 0 saturated heterocycles. The largest absolute Gasteiger partial charge is 0.208 e. The second-order valence-corrected chi connectivity index (χ2v) is 16.0. The van der Waals surface area contributed by atoms with Crippen molar-refractivity contribution >= 4 is 10.8 Å². The van der Waals surface area contributed by atoms with Gasteiger partial charge >= 0.3 is 0 Å². The summed E-state index contributed by atoms with van der Waals surface area (Å²) in [4.78, 5) is 31.0. The molecular formula is C52H46N6. The van der Waals surface area contributed by atoms with Gasteiger partial charge in [-0.15, -0.1) is 0 Å². The lowest BCUT2D eigenvalue weighted by molar-refractivity contribution is 0.443. The van der Waals surface area contributed by atoms with Crippen LogP contribution >= 0.6 is 0 Å². The lowest BCUT2D eigenvalue weighted by atomic mass is 9.84. The summed E-state index contributed by atoms with van der Waals surface area (Å²) in [6, 6.07) is 50.9. The molecule has 2 saturated carbocycles. The average Bonchev–Trinajstić information content (AvgIpc) is 3.32. The van der Waals surface area contributed by atoms with E-state index in [0.717, 1.165) is 44.2 Å². The lowest BCUT2D eigenvalue weighted by Crippen LogP contribution is -2.05. The zero-order valence-corrected chi connectivity index (χ0v) is 32.8. The van der Waals surface area contributed by atoms with Crippen LogP contribution in [0, 0.1) is 0 Å². The molecule has 2 heterocycles. The van der Waals surface area contributed by atoms with Gasteiger partial charge in [0.05, 0.1) is 0 Å². The summed E-state index contributed by atoms with van der Waals surface area (Å²) in [5.74, 6) is 5.05. The highest BCUT2D eigenvalue weighted by atomic mass is 15.0. The molecule has 6 aromatic carbocycles. The van der Waals surface area contributed by atoms with Gasteiger partial charge < -0.3 is 0 Å². The Hall–Kier alpha value is -6.40. The van der Waals surface area contributed by atoms with Crippen LogP contribution in [-0.4, -0.2) is 29.9 Å². The van der Waals surface area contributed by atoms with Crippen molar-refractivity contribution in [1.29, 1.82) is 0 Å². The van der Waals surface area contributed by atoms with Gasteiger partial charge in [-0.05, 0) is 54.0 Å². The van der Waals surface area contributed by atoms with Crippen molar-refractivity contribution in [2.75, 3.05) is 0 Å². The Morgan fingerprint density at radius 1 is 0.293 bits per heavy atom. The van der Waals surface area contributed by atoms with E-state index in [-0.39, 0.29) is 0 Å². The van der Waals surface area contributed by atoms with Crippen LogP contribution < -0.4 is 0 Å². The van der Waals surface area contributed by atoms with Gasteiger partial charge in [0.2, 0.25) is 0 Å². The van der Waals surface area contributed by atoms with Gasteiger partial charge in [0, 0.05) is 38.8 Å². The quantitative estimate of drug-likeness (QED) is 0.154. The molecule has 6 heteroatoms. The van der Waals surface area contributed by atoms with Crippen LogP contribution in [0.2, 0.25) is 0 Å². The molecule has 0 N–H and O–H groups in total. The van der Waals surface area contributed by atoms with E-state index in [4.69, 9.17) is 29.9 Å². The molecule has 8 aromatic rings. The minimum atomic E-state index is 0.606. The second-order valence-electron chi connectivity index (χ2n) is 16.0. The van der Waals surface area contributed by atoms with Gasteiger partial charge in [0.15, 0.2) is 34.9 Å². The second kappa shape index (κ2) is 16.2. The fourth-order valence-corrected chi connectivity index (χ4v) is 9.08. The topological polar surface area (TPSA) is 77.3 Å². The fourth-order valence-electron chi connectivity index (χ4n) is 9.08. The van der Waals surface area contributed by atoms with Gasteiger partial charge in [-0.3, -0.25) is 0 Å². The summed E-state index contributed by atoms with van der Waals surface area (Å²) >= 11 is 0. The highest BCUT2D eigenvalue weighted by Crippen LogP contribution is 2.38. The minimum absolute atomic E-state index is 0.606. The van der Waals surface area contributed by atoms with Crippen molar-refractivity contribution in [3.05, 3.63) is 157 Å². The first-order chi connectivity index (χ1) is 28.7. The van der Waals surface area contributed by atoms with Crippen LogP contribution in [-0.2, 0) is 0 Å². The van der Waals surface area contributed by atoms with Crippen LogP contribution in [0.3, 0.4) is 0 Å². The number of hydrogen-bond acceptors (Lipinski definition) is 6. The van der Waals surface area contributed by atoms with Crippen LogP contribution in [0.4, 0.5) is 0 Å². The highest BCUT2D eigenvalue weighted by molar-refractivity contribution is 6.04. The summed E-state index contributed by atoms with van der Waals surface area (Å²) in [7, 11) is 0. The van der Waals surface area contributed by atoms with Crippen LogP contribution in [0.25, 0.3) is 79.1 Å². The maximum atomic E-state index is 5.23. The van der Waals surface area contributed by atoms with Gasteiger partial charge in [-0.25, -0.2) is 29.9 Å². The normalized spacial score (nSPS) is 15.1. The molecular weight excluding hydrogens is 709 g/mol. The first-order valence-corrected chi connectivity index (χ1v) is 21.1. The third-order valence-corrected chi connectivity index (χ3v) is 12.2. The van der Waals surface area contributed by atoms with Crippen molar-refractivity contribution in [3.63, 3.8) is 0 Å². The van der Waals surface area contributed by atoms with Crippen molar-refractivity contribution in [1.82, 2.24) is 29.9 Å². The fraction of sp³-hybridized carbons (Fsp3) is 0.231. The first-order valence-electron chi connectivity index (χ1n) is 21.1. The monoisotopic (exact) mass is 754 g/mol. The summed E-state index contributed by atoms with van der Waals surface area (Å²) in [5, 5.41) is 2.03. The summed E-state index contributed by atoms with van der Waals surface area (Å²) in [5.41, 5.74) is 8.44. The summed E-state index contributed by atoms with van der Waals surface area (Å²) < 4.78 is 0. The van der Waals surface area contributed by atoms with Crippen molar-refractivity contribution < 1.29 is 0 Å². The Balaban J connectivity index is 1.11. The highest BCUT2D eigenvalue weighted by Gasteiger charge is 2.21. The van der Waals surface area contributed by atoms with E-state index >= 15 is 0 Å².